The second-order valence-electron chi connectivity index (χ2n) is 7.48. The molecular formula is C20H31N3O3S. The maximum Gasteiger partial charge on any atom is 0.243 e. The molecule has 1 saturated heterocycles. The summed E-state index contributed by atoms with van der Waals surface area (Å²) in [6.45, 7) is 8.74. The van der Waals surface area contributed by atoms with Crippen molar-refractivity contribution < 1.29 is 13.2 Å². The van der Waals surface area contributed by atoms with Gasteiger partial charge in [0.25, 0.3) is 0 Å². The van der Waals surface area contributed by atoms with Gasteiger partial charge >= 0.3 is 0 Å². The molecular weight excluding hydrogens is 362 g/mol. The van der Waals surface area contributed by atoms with Crippen LogP contribution in [-0.4, -0.2) is 62.3 Å². The van der Waals surface area contributed by atoms with E-state index in [-0.39, 0.29) is 5.91 Å². The normalized spacial score (nSPS) is 20.2. The molecule has 0 N–H and O–H groups in total. The summed E-state index contributed by atoms with van der Waals surface area (Å²) in [4.78, 5) is 17.2. The number of hydrogen-bond donors (Lipinski definition) is 0. The van der Waals surface area contributed by atoms with Crippen LogP contribution in [-0.2, 0) is 21.2 Å². The van der Waals surface area contributed by atoms with Crippen LogP contribution in [0.3, 0.4) is 0 Å². The van der Waals surface area contributed by atoms with E-state index in [0.29, 0.717) is 30.6 Å². The third-order valence-electron chi connectivity index (χ3n) is 5.84. The Morgan fingerprint density at radius 2 is 1.93 bits per heavy atom. The van der Waals surface area contributed by atoms with Gasteiger partial charge in [0.15, 0.2) is 0 Å². The molecule has 1 fully saturated rings. The lowest BCUT2D eigenvalue weighted by molar-refractivity contribution is -0.132. The Balaban J connectivity index is 1.75. The number of nitrogens with zero attached hydrogens (tertiary/aromatic N) is 3. The van der Waals surface area contributed by atoms with E-state index >= 15 is 0 Å². The number of likely N-dealkylation sites (tertiary alicyclic amines) is 1. The number of carbonyl (C=O) groups excluding carboxylic acids is 1. The molecule has 150 valence electrons. The number of sulfonamides is 1. The molecule has 0 bridgehead atoms. The highest BCUT2D eigenvalue weighted by molar-refractivity contribution is 7.89. The zero-order chi connectivity index (χ0) is 19.6. The van der Waals surface area contributed by atoms with Gasteiger partial charge in [0.2, 0.25) is 15.9 Å². The smallest absolute Gasteiger partial charge is 0.243 e. The minimum Gasteiger partial charge on any atom is -0.362 e. The Hall–Kier alpha value is -1.60. The van der Waals surface area contributed by atoms with Crippen molar-refractivity contribution in [3.8, 4) is 0 Å². The first kappa shape index (κ1) is 20.1. The Labute approximate surface area is 163 Å². The first-order valence-corrected chi connectivity index (χ1v) is 11.5. The molecule has 27 heavy (non-hydrogen) atoms. The number of benzene rings is 1. The lowest BCUT2D eigenvalue weighted by Gasteiger charge is -2.35. The van der Waals surface area contributed by atoms with Crippen LogP contribution in [0.5, 0.6) is 0 Å². The van der Waals surface area contributed by atoms with Crippen LogP contribution in [0.4, 0.5) is 5.69 Å². The van der Waals surface area contributed by atoms with Gasteiger partial charge in [-0.1, -0.05) is 13.8 Å². The van der Waals surface area contributed by atoms with Crippen molar-refractivity contribution in [3.63, 3.8) is 0 Å². The Bertz CT molecular complexity index is 790. The standard InChI is InChI=1S/C20H31N3O3S/c1-4-22(5-2)27(25,26)18-9-10-19-17(14-18)11-13-21(19)15-20(24)23-12-7-6-8-16(23)3/h9-10,14,16H,4-8,11-13,15H2,1-3H3. The molecule has 0 aliphatic carbocycles. The van der Waals surface area contributed by atoms with Crippen molar-refractivity contribution in [2.45, 2.75) is 57.4 Å². The summed E-state index contributed by atoms with van der Waals surface area (Å²) < 4.78 is 27.0. The molecule has 3 rings (SSSR count). The highest BCUT2D eigenvalue weighted by atomic mass is 32.2. The zero-order valence-corrected chi connectivity index (χ0v) is 17.5. The van der Waals surface area contributed by atoms with Crippen LogP contribution in [0.15, 0.2) is 23.1 Å². The van der Waals surface area contributed by atoms with Crippen molar-refractivity contribution in [1.29, 1.82) is 0 Å². The Morgan fingerprint density at radius 1 is 1.19 bits per heavy atom. The third-order valence-corrected chi connectivity index (χ3v) is 7.88. The highest BCUT2D eigenvalue weighted by Gasteiger charge is 2.29. The fraction of sp³-hybridized carbons (Fsp3) is 0.650. The molecule has 1 aromatic rings. The number of amides is 1. The minimum absolute atomic E-state index is 0.176. The molecule has 2 heterocycles. The number of anilines is 1. The summed E-state index contributed by atoms with van der Waals surface area (Å²) in [5.74, 6) is 0.176. The van der Waals surface area contributed by atoms with Crippen LogP contribution >= 0.6 is 0 Å². The Kier molecular flexibility index (Phi) is 6.11. The lowest BCUT2D eigenvalue weighted by Crippen LogP contribution is -2.46. The first-order valence-electron chi connectivity index (χ1n) is 10.1. The molecule has 2 aliphatic rings. The zero-order valence-electron chi connectivity index (χ0n) is 16.6. The maximum absolute atomic E-state index is 12.7. The van der Waals surface area contributed by atoms with E-state index in [0.717, 1.165) is 43.6 Å². The van der Waals surface area contributed by atoms with E-state index in [9.17, 15) is 13.2 Å². The van der Waals surface area contributed by atoms with Gasteiger partial charge in [-0.15, -0.1) is 0 Å². The van der Waals surface area contributed by atoms with Gasteiger partial charge in [0.05, 0.1) is 11.4 Å². The van der Waals surface area contributed by atoms with Gasteiger partial charge in [-0.25, -0.2) is 8.42 Å². The monoisotopic (exact) mass is 393 g/mol. The van der Waals surface area contributed by atoms with E-state index in [1.807, 2.05) is 24.8 Å². The maximum atomic E-state index is 12.7. The summed E-state index contributed by atoms with van der Waals surface area (Å²) in [6, 6.07) is 5.65. The van der Waals surface area contributed by atoms with E-state index in [1.54, 1.807) is 12.1 Å². The topological polar surface area (TPSA) is 60.9 Å². The predicted octanol–water partition coefficient (Wildman–Crippen LogP) is 2.48. The second kappa shape index (κ2) is 8.19. The molecule has 2 aliphatic heterocycles. The molecule has 1 atom stereocenters. The quantitative estimate of drug-likeness (QED) is 0.745. The summed E-state index contributed by atoms with van der Waals surface area (Å²) in [6.07, 6.45) is 4.13. The molecule has 0 saturated carbocycles. The number of rotatable bonds is 6. The molecule has 0 aromatic heterocycles. The van der Waals surface area contributed by atoms with E-state index in [1.165, 1.54) is 10.7 Å². The molecule has 6 nitrogen and oxygen atoms in total. The first-order chi connectivity index (χ1) is 12.9. The summed E-state index contributed by atoms with van der Waals surface area (Å²) in [5, 5.41) is 0. The SMILES string of the molecule is CCN(CC)S(=O)(=O)c1ccc2c(c1)CCN2CC(=O)N1CCCCC1C. The molecule has 0 spiro atoms. The molecule has 0 radical (unpaired) electrons. The predicted molar refractivity (Wildman–Crippen MR) is 107 cm³/mol. The van der Waals surface area contributed by atoms with E-state index < -0.39 is 10.0 Å². The van der Waals surface area contributed by atoms with Gasteiger partial charge < -0.3 is 9.80 Å². The largest absolute Gasteiger partial charge is 0.362 e. The molecule has 7 heteroatoms. The van der Waals surface area contributed by atoms with Crippen molar-refractivity contribution in [3.05, 3.63) is 23.8 Å². The van der Waals surface area contributed by atoms with Crippen LogP contribution in [0, 0.1) is 0 Å². The second-order valence-corrected chi connectivity index (χ2v) is 9.42. The van der Waals surface area contributed by atoms with E-state index in [2.05, 4.69) is 11.8 Å². The van der Waals surface area contributed by atoms with Gasteiger partial charge in [0, 0.05) is 37.9 Å². The van der Waals surface area contributed by atoms with Gasteiger partial charge in [0.1, 0.15) is 0 Å². The van der Waals surface area contributed by atoms with Gasteiger partial charge in [-0.05, 0) is 56.4 Å². The minimum atomic E-state index is -3.45. The fourth-order valence-electron chi connectivity index (χ4n) is 4.21. The van der Waals surface area contributed by atoms with E-state index in [4.69, 9.17) is 0 Å². The fourth-order valence-corrected chi connectivity index (χ4v) is 5.72. The van der Waals surface area contributed by atoms with Crippen LogP contribution in [0.2, 0.25) is 0 Å². The van der Waals surface area contributed by atoms with Gasteiger partial charge in [-0.2, -0.15) is 4.31 Å². The summed E-state index contributed by atoms with van der Waals surface area (Å²) in [7, 11) is -3.45. The average Bonchev–Trinajstić information content (AvgIpc) is 3.05. The number of piperidine rings is 1. The van der Waals surface area contributed by atoms with Crippen LogP contribution in [0.1, 0.15) is 45.6 Å². The molecule has 1 aromatic carbocycles. The van der Waals surface area contributed by atoms with Crippen LogP contribution in [0.25, 0.3) is 0 Å². The van der Waals surface area contributed by atoms with Gasteiger partial charge in [-0.3, -0.25) is 4.79 Å². The van der Waals surface area contributed by atoms with Crippen molar-refractivity contribution in [2.75, 3.05) is 37.6 Å². The van der Waals surface area contributed by atoms with Crippen molar-refractivity contribution in [2.24, 2.45) is 0 Å². The molecule has 1 amide bonds. The third kappa shape index (κ3) is 3.99. The Morgan fingerprint density at radius 3 is 2.59 bits per heavy atom. The van der Waals surface area contributed by atoms with Crippen LogP contribution < -0.4 is 4.90 Å². The highest BCUT2D eigenvalue weighted by Crippen LogP contribution is 2.31. The van der Waals surface area contributed by atoms with Crippen molar-refractivity contribution >= 4 is 21.6 Å². The number of hydrogen-bond acceptors (Lipinski definition) is 4. The lowest BCUT2D eigenvalue weighted by atomic mass is 10.0. The number of carbonyl (C=O) groups is 1. The number of fused-ring (bicyclic) bond motifs is 1. The molecule has 1 unspecified atom stereocenters. The average molecular weight is 394 g/mol. The van der Waals surface area contributed by atoms with Crippen molar-refractivity contribution in [1.82, 2.24) is 9.21 Å². The summed E-state index contributed by atoms with van der Waals surface area (Å²) >= 11 is 0. The summed E-state index contributed by atoms with van der Waals surface area (Å²) in [5.41, 5.74) is 2.01.